The van der Waals surface area contributed by atoms with Crippen LogP contribution >= 0.6 is 0 Å². The Labute approximate surface area is 350 Å². The van der Waals surface area contributed by atoms with E-state index in [1.165, 1.54) is 180 Å². The summed E-state index contributed by atoms with van der Waals surface area (Å²) in [5, 5.41) is 0. The Bertz CT molecular complexity index is 785. The van der Waals surface area contributed by atoms with Gasteiger partial charge in [0.25, 0.3) is 0 Å². The minimum Gasteiger partial charge on any atom is -0.0654 e. The van der Waals surface area contributed by atoms with Gasteiger partial charge in [-0.2, -0.15) is 0 Å². The molecule has 0 aromatic heterocycles. The van der Waals surface area contributed by atoms with Crippen molar-refractivity contribution in [2.24, 2.45) is 44.3 Å². The third-order valence-electron chi connectivity index (χ3n) is 17.5. The summed E-state index contributed by atoms with van der Waals surface area (Å²) >= 11 is 0. The quantitative estimate of drug-likeness (QED) is 0.0822. The molecule has 0 heterocycles. The fourth-order valence-corrected chi connectivity index (χ4v) is 11.7. The molecule has 2 aliphatic carbocycles. The molecule has 8 atom stereocenters. The van der Waals surface area contributed by atoms with E-state index in [0.29, 0.717) is 32.5 Å². The lowest BCUT2D eigenvalue weighted by molar-refractivity contribution is -0.109. The molecule has 0 heteroatoms. The fraction of sp³-hybridized carbons (Fsp3) is 1.00. The van der Waals surface area contributed by atoms with Crippen molar-refractivity contribution >= 4 is 0 Å². The van der Waals surface area contributed by atoms with Gasteiger partial charge in [-0.25, -0.2) is 0 Å². The van der Waals surface area contributed by atoms with Crippen molar-refractivity contribution in [2.75, 3.05) is 0 Å². The van der Waals surface area contributed by atoms with Crippen LogP contribution in [0.15, 0.2) is 0 Å². The minimum atomic E-state index is 0. The van der Waals surface area contributed by atoms with Gasteiger partial charge in [-0.1, -0.05) is 266 Å². The van der Waals surface area contributed by atoms with Crippen LogP contribution < -0.4 is 0 Å². The van der Waals surface area contributed by atoms with Gasteiger partial charge in [0, 0.05) is 2.85 Å². The molecule has 2 aliphatic rings. The molecule has 0 saturated heterocycles. The van der Waals surface area contributed by atoms with Crippen molar-refractivity contribution in [2.45, 2.75) is 304 Å². The van der Waals surface area contributed by atoms with E-state index in [2.05, 4.69) is 125 Å². The molecule has 0 amide bonds. The van der Waals surface area contributed by atoms with Crippen LogP contribution in [0.25, 0.3) is 0 Å². The maximum absolute atomic E-state index is 2.66. The first-order valence-electron chi connectivity index (χ1n) is 25.4. The van der Waals surface area contributed by atoms with Gasteiger partial charge in [0.05, 0.1) is 0 Å². The van der Waals surface area contributed by atoms with Gasteiger partial charge >= 0.3 is 0 Å². The molecule has 0 aromatic carbocycles. The van der Waals surface area contributed by atoms with Crippen molar-refractivity contribution in [1.82, 2.24) is 0 Å². The summed E-state index contributed by atoms with van der Waals surface area (Å²) < 4.78 is 0. The molecule has 0 radical (unpaired) electrons. The lowest BCUT2D eigenvalue weighted by atomic mass is 9.45. The van der Waals surface area contributed by atoms with Gasteiger partial charge in [0.2, 0.25) is 0 Å². The maximum Gasteiger partial charge on any atom is 0 e. The van der Waals surface area contributed by atoms with E-state index in [4.69, 9.17) is 0 Å². The van der Waals surface area contributed by atoms with Crippen molar-refractivity contribution in [3.63, 3.8) is 0 Å². The van der Waals surface area contributed by atoms with E-state index >= 15 is 0 Å². The molecule has 54 heavy (non-hydrogen) atoms. The van der Waals surface area contributed by atoms with E-state index in [9.17, 15) is 0 Å². The largest absolute Gasteiger partial charge is 0.0654 e. The second-order valence-corrected chi connectivity index (χ2v) is 20.7. The summed E-state index contributed by atoms with van der Waals surface area (Å²) in [5.41, 5.74) is 2.69. The highest BCUT2D eigenvalue weighted by Gasteiger charge is 2.56. The zero-order chi connectivity index (χ0) is 42.0. The monoisotopic (exact) mass is 769 g/mol. The van der Waals surface area contributed by atoms with Gasteiger partial charge in [-0.3, -0.25) is 0 Å². The van der Waals surface area contributed by atoms with Crippen molar-refractivity contribution in [3.05, 3.63) is 0 Å². The SMILES string of the molecule is C1CCC1.C1CCC1.CCCCC(C)C(C)(CCC)C(C)(CCC)C(C)(CC)CCC.CCCCC(C)C(C)(CCC)C(C)(CCC)C(C)(CC)CCC.[3HH].[3HH]. The molecule has 332 valence electrons. The summed E-state index contributed by atoms with van der Waals surface area (Å²) in [6.45, 7) is 44.8. The normalized spacial score (nSPS) is 21.7. The van der Waals surface area contributed by atoms with E-state index in [-0.39, 0.29) is 2.85 Å². The van der Waals surface area contributed by atoms with Crippen LogP contribution in [0, 0.1) is 44.3 Å². The van der Waals surface area contributed by atoms with E-state index in [1.807, 2.05) is 0 Å². The van der Waals surface area contributed by atoms with Crippen LogP contribution in [0.3, 0.4) is 0 Å². The zero-order valence-electron chi connectivity index (χ0n) is 42.0. The molecule has 0 bridgehead atoms. The van der Waals surface area contributed by atoms with E-state index in [0.717, 1.165) is 11.8 Å². The first-order valence-corrected chi connectivity index (χ1v) is 25.4. The first kappa shape index (κ1) is 56.1. The van der Waals surface area contributed by atoms with Crippen LogP contribution in [-0.2, 0) is 0 Å². The highest BCUT2D eigenvalue weighted by atomic mass is 14.6. The molecular formula is C54H116. The van der Waals surface area contributed by atoms with Gasteiger partial charge < -0.3 is 0 Å². The Hall–Kier alpha value is 0. The Morgan fingerprint density at radius 2 is 0.593 bits per heavy atom. The lowest BCUT2D eigenvalue weighted by Gasteiger charge is -2.60. The second-order valence-electron chi connectivity index (χ2n) is 20.7. The number of unbranched alkanes of at least 4 members (excludes halogenated alkanes) is 2. The smallest absolute Gasteiger partial charge is 0 e. The predicted octanol–water partition coefficient (Wildman–Crippen LogP) is 20.9. The van der Waals surface area contributed by atoms with Crippen LogP contribution in [-0.4, -0.2) is 0 Å². The highest BCUT2D eigenvalue weighted by Crippen LogP contribution is 2.64. The van der Waals surface area contributed by atoms with Crippen LogP contribution in [0.4, 0.5) is 0 Å². The van der Waals surface area contributed by atoms with Gasteiger partial charge in [-0.15, -0.1) is 0 Å². The maximum atomic E-state index is 2.66. The third kappa shape index (κ3) is 15.3. The molecule has 0 aliphatic heterocycles. The lowest BCUT2D eigenvalue weighted by Crippen LogP contribution is -2.52. The summed E-state index contributed by atoms with van der Waals surface area (Å²) in [5.74, 6) is 1.64. The Balaban J connectivity index is -0.000000387. The minimum absolute atomic E-state index is 0. The summed E-state index contributed by atoms with van der Waals surface area (Å²) in [6, 6.07) is 0. The molecule has 8 unspecified atom stereocenters. The van der Waals surface area contributed by atoms with Crippen LogP contribution in [0.5, 0.6) is 0 Å². The van der Waals surface area contributed by atoms with E-state index < -0.39 is 0 Å². The van der Waals surface area contributed by atoms with Crippen molar-refractivity contribution in [3.8, 4) is 0 Å². The molecule has 2 saturated carbocycles. The molecular weight excluding hydrogens is 649 g/mol. The van der Waals surface area contributed by atoms with Gasteiger partial charge in [-0.05, 0) is 82.9 Å². The average molecular weight is 770 g/mol. The zero-order valence-corrected chi connectivity index (χ0v) is 42.0. The van der Waals surface area contributed by atoms with Crippen molar-refractivity contribution < 1.29 is 2.85 Å². The molecule has 0 aromatic rings. The summed E-state index contributed by atoms with van der Waals surface area (Å²) in [4.78, 5) is 0. The molecule has 0 spiro atoms. The van der Waals surface area contributed by atoms with E-state index in [1.54, 1.807) is 0 Å². The molecule has 2 fully saturated rings. The standard InChI is InChI=1S/2C23H48.2C4H8.2H2/c2*1-10-15-16-20(6)22(8,18-12-3)23(9,19-13-4)21(7,14-5)17-11-2;2*1-2-4-3-1;;/h2*20H,10-19H2,1-9H3;2*1-4H2;2*1H/i;;;;2*1+2. The van der Waals surface area contributed by atoms with Gasteiger partial charge in [0.15, 0.2) is 0 Å². The Morgan fingerprint density at radius 3 is 0.759 bits per heavy atom. The molecule has 2 rings (SSSR count). The van der Waals surface area contributed by atoms with Crippen LogP contribution in [0.2, 0.25) is 0 Å². The topological polar surface area (TPSA) is 0 Å². The van der Waals surface area contributed by atoms with Crippen LogP contribution in [0.1, 0.15) is 307 Å². The second kappa shape index (κ2) is 29.2. The van der Waals surface area contributed by atoms with Gasteiger partial charge in [0.1, 0.15) is 0 Å². The highest BCUT2D eigenvalue weighted by molar-refractivity contribution is 5.05. The Morgan fingerprint density at radius 1 is 0.352 bits per heavy atom. The first-order chi connectivity index (χ1) is 25.4. The fourth-order valence-electron chi connectivity index (χ4n) is 11.7. The third-order valence-corrected chi connectivity index (χ3v) is 17.5. The summed E-state index contributed by atoms with van der Waals surface area (Å²) in [6.07, 6.45) is 39.0. The molecule has 0 N–H and O–H groups in total. The number of hydrogen-bond acceptors (Lipinski definition) is 0. The number of hydrogen-bond donors (Lipinski definition) is 0. The number of rotatable bonds is 26. The molecule has 0 nitrogen and oxygen atoms in total. The Kier molecular flexibility index (Phi) is 30.4. The van der Waals surface area contributed by atoms with Crippen molar-refractivity contribution in [1.29, 1.82) is 0 Å². The summed E-state index contributed by atoms with van der Waals surface area (Å²) in [7, 11) is 0. The predicted molar refractivity (Wildman–Crippen MR) is 257 cm³/mol. The average Bonchev–Trinajstić information content (AvgIpc) is 3.08.